The third kappa shape index (κ3) is 2.80. The summed E-state index contributed by atoms with van der Waals surface area (Å²) in [5.41, 5.74) is 13.2. The third-order valence-electron chi connectivity index (χ3n) is 4.78. The first-order chi connectivity index (χ1) is 11.5. The molecule has 1 spiro atoms. The fraction of sp³-hybridized carbons (Fsp3) is 0.529. The van der Waals surface area contributed by atoms with Gasteiger partial charge in [-0.25, -0.2) is 4.99 Å². The number of aliphatic hydroxyl groups is 1. The lowest BCUT2D eigenvalue weighted by Gasteiger charge is -2.45. The number of anilines is 1. The second-order valence-electron chi connectivity index (χ2n) is 6.43. The zero-order valence-corrected chi connectivity index (χ0v) is 14.2. The van der Waals surface area contributed by atoms with Crippen LogP contribution in [0.4, 0.5) is 5.69 Å². The number of aliphatic hydroxyl groups excluding tert-OH is 1. The number of aliphatic imine (C=N–C) groups is 2. The van der Waals surface area contributed by atoms with E-state index in [0.717, 1.165) is 36.9 Å². The molecule has 7 nitrogen and oxygen atoms in total. The number of nitrogens with zero attached hydrogens (tertiary/aromatic N) is 3. The lowest BCUT2D eigenvalue weighted by atomic mass is 9.87. The Hall–Kier alpha value is -2.28. The van der Waals surface area contributed by atoms with E-state index in [0.29, 0.717) is 11.7 Å². The molecule has 1 atom stereocenters. The Morgan fingerprint density at radius 2 is 1.96 bits per heavy atom. The van der Waals surface area contributed by atoms with Crippen molar-refractivity contribution in [1.29, 1.82) is 0 Å². The normalized spacial score (nSPS) is 21.2. The molecule has 1 aromatic carbocycles. The molecule has 3 rings (SSSR count). The molecule has 1 aliphatic heterocycles. The monoisotopic (exact) mass is 331 g/mol. The summed E-state index contributed by atoms with van der Waals surface area (Å²) in [5.74, 6) is 1.19. The molecular weight excluding hydrogens is 306 g/mol. The zero-order chi connectivity index (χ0) is 17.3. The first-order valence-electron chi connectivity index (χ1n) is 8.32. The van der Waals surface area contributed by atoms with Crippen LogP contribution in [0.5, 0.6) is 5.75 Å². The van der Waals surface area contributed by atoms with Gasteiger partial charge in [0.1, 0.15) is 11.4 Å². The van der Waals surface area contributed by atoms with Gasteiger partial charge >= 0.3 is 0 Å². The molecule has 7 heteroatoms. The summed E-state index contributed by atoms with van der Waals surface area (Å²) in [6, 6.07) is 5.59. The number of ether oxygens (including phenoxy) is 1. The van der Waals surface area contributed by atoms with E-state index in [2.05, 4.69) is 9.98 Å². The predicted octanol–water partition coefficient (Wildman–Crippen LogP) is 1.86. The molecule has 1 aliphatic carbocycles. The van der Waals surface area contributed by atoms with Crippen LogP contribution < -0.4 is 21.1 Å². The molecule has 1 heterocycles. The molecule has 0 bridgehead atoms. The van der Waals surface area contributed by atoms with E-state index >= 15 is 0 Å². The second-order valence-corrected chi connectivity index (χ2v) is 6.43. The highest BCUT2D eigenvalue weighted by molar-refractivity contribution is 6.06. The van der Waals surface area contributed by atoms with Gasteiger partial charge in [-0.15, -0.1) is 0 Å². The average Bonchev–Trinajstić information content (AvgIpc) is 2.54. The Bertz CT molecular complexity index is 678. The summed E-state index contributed by atoms with van der Waals surface area (Å²) in [7, 11) is 1.60. The van der Waals surface area contributed by atoms with Crippen LogP contribution >= 0.6 is 0 Å². The van der Waals surface area contributed by atoms with Crippen molar-refractivity contribution in [3.05, 3.63) is 23.8 Å². The zero-order valence-electron chi connectivity index (χ0n) is 14.2. The van der Waals surface area contributed by atoms with Crippen LogP contribution in [0.2, 0.25) is 0 Å². The van der Waals surface area contributed by atoms with Crippen molar-refractivity contribution in [1.82, 2.24) is 0 Å². The summed E-state index contributed by atoms with van der Waals surface area (Å²) in [6.45, 7) is 1.72. The number of rotatable bonds is 3. The molecule has 0 aromatic heterocycles. The quantitative estimate of drug-likeness (QED) is 0.783. The Kier molecular flexibility index (Phi) is 4.36. The number of benzene rings is 1. The molecule has 1 unspecified atom stereocenters. The number of guanidine groups is 2. The van der Waals surface area contributed by atoms with Crippen LogP contribution in [-0.2, 0) is 0 Å². The van der Waals surface area contributed by atoms with Gasteiger partial charge in [0.15, 0.2) is 0 Å². The van der Waals surface area contributed by atoms with E-state index in [1.54, 1.807) is 14.0 Å². The first kappa shape index (κ1) is 16.6. The molecule has 1 aromatic rings. The van der Waals surface area contributed by atoms with Gasteiger partial charge in [0, 0.05) is 0 Å². The van der Waals surface area contributed by atoms with E-state index < -0.39 is 11.8 Å². The fourth-order valence-electron chi connectivity index (χ4n) is 3.61. The van der Waals surface area contributed by atoms with E-state index in [9.17, 15) is 5.11 Å². The van der Waals surface area contributed by atoms with Gasteiger partial charge in [-0.05, 0) is 50.3 Å². The van der Waals surface area contributed by atoms with Gasteiger partial charge in [-0.1, -0.05) is 12.5 Å². The Labute approximate surface area is 142 Å². The van der Waals surface area contributed by atoms with Crippen LogP contribution in [0.15, 0.2) is 28.2 Å². The summed E-state index contributed by atoms with van der Waals surface area (Å²) in [5, 5.41) is 9.82. The fourth-order valence-corrected chi connectivity index (χ4v) is 3.61. The number of hydrogen-bond donors (Lipinski definition) is 3. The SMILES string of the molecule is COc1cc(C(C)O)ccc1N1C(N)=NC(N)=NC12CCCCC2. The van der Waals surface area contributed by atoms with Gasteiger partial charge in [-0.2, -0.15) is 4.99 Å². The molecule has 0 radical (unpaired) electrons. The van der Waals surface area contributed by atoms with Crippen molar-refractivity contribution in [2.45, 2.75) is 50.8 Å². The lowest BCUT2D eigenvalue weighted by Crippen LogP contribution is -2.58. The summed E-state index contributed by atoms with van der Waals surface area (Å²) in [6.07, 6.45) is 4.47. The van der Waals surface area contributed by atoms with Crippen molar-refractivity contribution < 1.29 is 9.84 Å². The number of hydrogen-bond acceptors (Lipinski definition) is 7. The predicted molar refractivity (Wildman–Crippen MR) is 95.2 cm³/mol. The molecular formula is C17H25N5O2. The highest BCUT2D eigenvalue weighted by Crippen LogP contribution is 2.43. The molecule has 130 valence electrons. The molecule has 1 fully saturated rings. The van der Waals surface area contributed by atoms with Crippen molar-refractivity contribution in [3.63, 3.8) is 0 Å². The minimum absolute atomic E-state index is 0.227. The van der Waals surface area contributed by atoms with Gasteiger partial charge in [-0.3, -0.25) is 4.90 Å². The Morgan fingerprint density at radius 1 is 1.25 bits per heavy atom. The lowest BCUT2D eigenvalue weighted by molar-refractivity contribution is 0.199. The van der Waals surface area contributed by atoms with E-state index in [-0.39, 0.29) is 5.96 Å². The number of methoxy groups -OCH3 is 1. The summed E-state index contributed by atoms with van der Waals surface area (Å²) in [4.78, 5) is 10.8. The smallest absolute Gasteiger partial charge is 0.220 e. The Morgan fingerprint density at radius 3 is 2.58 bits per heavy atom. The van der Waals surface area contributed by atoms with Crippen LogP contribution in [0.25, 0.3) is 0 Å². The first-order valence-corrected chi connectivity index (χ1v) is 8.32. The summed E-state index contributed by atoms with van der Waals surface area (Å²) < 4.78 is 5.56. The molecule has 24 heavy (non-hydrogen) atoms. The van der Waals surface area contributed by atoms with E-state index in [4.69, 9.17) is 16.2 Å². The van der Waals surface area contributed by atoms with Gasteiger partial charge < -0.3 is 21.3 Å². The van der Waals surface area contributed by atoms with E-state index in [1.165, 1.54) is 6.42 Å². The maximum absolute atomic E-state index is 9.82. The van der Waals surface area contributed by atoms with Crippen LogP contribution in [-0.4, -0.2) is 29.8 Å². The van der Waals surface area contributed by atoms with Crippen molar-refractivity contribution in [3.8, 4) is 5.75 Å². The molecule has 0 amide bonds. The standard InChI is InChI=1S/C17H25N5O2/c1-11(23)12-6-7-13(14(10-12)24-2)22-16(19)20-15(18)21-17(22)8-4-3-5-9-17/h6-7,10-11,23H,3-5,8-9H2,1-2H3,(H4,18,19,20,21). The molecule has 5 N–H and O–H groups in total. The van der Waals surface area contributed by atoms with E-state index in [1.807, 2.05) is 23.1 Å². The largest absolute Gasteiger partial charge is 0.495 e. The van der Waals surface area contributed by atoms with Gasteiger partial charge in [0.2, 0.25) is 11.9 Å². The highest BCUT2D eigenvalue weighted by atomic mass is 16.5. The maximum Gasteiger partial charge on any atom is 0.220 e. The maximum atomic E-state index is 9.82. The van der Waals surface area contributed by atoms with Crippen LogP contribution in [0.3, 0.4) is 0 Å². The summed E-state index contributed by atoms with van der Waals surface area (Å²) >= 11 is 0. The van der Waals surface area contributed by atoms with Crippen LogP contribution in [0, 0.1) is 0 Å². The second kappa shape index (κ2) is 6.32. The topological polar surface area (TPSA) is 109 Å². The average molecular weight is 331 g/mol. The minimum atomic E-state index is -0.572. The molecule has 2 aliphatic rings. The van der Waals surface area contributed by atoms with Crippen molar-refractivity contribution in [2.24, 2.45) is 21.5 Å². The van der Waals surface area contributed by atoms with Crippen molar-refractivity contribution in [2.75, 3.05) is 12.0 Å². The van der Waals surface area contributed by atoms with Crippen molar-refractivity contribution >= 4 is 17.6 Å². The highest BCUT2D eigenvalue weighted by Gasteiger charge is 2.43. The van der Waals surface area contributed by atoms with Crippen LogP contribution in [0.1, 0.15) is 50.7 Å². The third-order valence-corrected chi connectivity index (χ3v) is 4.78. The minimum Gasteiger partial charge on any atom is -0.495 e. The molecule has 1 saturated carbocycles. The number of nitrogens with two attached hydrogens (primary N) is 2. The Balaban J connectivity index is 2.10. The molecule has 0 saturated heterocycles. The van der Waals surface area contributed by atoms with Gasteiger partial charge in [0.25, 0.3) is 0 Å². The van der Waals surface area contributed by atoms with Gasteiger partial charge in [0.05, 0.1) is 18.9 Å².